The number of benzene rings is 3. The van der Waals surface area contributed by atoms with Crippen LogP contribution in [0.15, 0.2) is 53.1 Å². The van der Waals surface area contributed by atoms with Crippen molar-refractivity contribution in [3.8, 4) is 30.3 Å². The normalized spacial score (nSPS) is 14.8. The maximum atomic E-state index is 15.1. The molecule has 4 rings (SSSR count). The number of rotatable bonds is 3. The third-order valence-electron chi connectivity index (χ3n) is 7.04. The highest BCUT2D eigenvalue weighted by molar-refractivity contribution is 6.12. The number of allylic oxidation sites excluding steroid dienone is 6. The van der Waals surface area contributed by atoms with E-state index in [0.29, 0.717) is 24.3 Å². The summed E-state index contributed by atoms with van der Waals surface area (Å²) in [5.41, 5.74) is -17.4. The Morgan fingerprint density at radius 2 is 0.800 bits per heavy atom. The predicted molar refractivity (Wildman–Crippen MR) is 141 cm³/mol. The minimum absolute atomic E-state index is 0.252. The van der Waals surface area contributed by atoms with Gasteiger partial charge in [-0.3, -0.25) is 0 Å². The van der Waals surface area contributed by atoms with E-state index < -0.39 is 120 Å². The van der Waals surface area contributed by atoms with E-state index in [2.05, 4.69) is 0 Å². The second kappa shape index (κ2) is 12.5. The zero-order valence-electron chi connectivity index (χ0n) is 23.6. The highest BCUT2D eigenvalue weighted by Crippen LogP contribution is 2.57. The second-order valence-corrected chi connectivity index (χ2v) is 9.83. The molecule has 3 aromatic carbocycles. The van der Waals surface area contributed by atoms with E-state index in [1.807, 2.05) is 0 Å². The number of hydrogen-bond acceptors (Lipinski definition) is 5. The van der Waals surface area contributed by atoms with Gasteiger partial charge in [0.2, 0.25) is 0 Å². The molecule has 0 saturated heterocycles. The molecule has 0 unspecified atom stereocenters. The fraction of sp³-hybridized carbons (Fsp3) is 0.0938. The molecule has 1 aliphatic rings. The summed E-state index contributed by atoms with van der Waals surface area (Å²) < 4.78 is 179. The van der Waals surface area contributed by atoms with Crippen LogP contribution in [0.3, 0.4) is 0 Å². The lowest BCUT2D eigenvalue weighted by atomic mass is 9.96. The van der Waals surface area contributed by atoms with Crippen molar-refractivity contribution in [2.75, 3.05) is 0 Å². The Kier molecular flexibility index (Phi) is 9.04. The van der Waals surface area contributed by atoms with Crippen molar-refractivity contribution in [2.45, 2.75) is 18.5 Å². The minimum Gasteiger partial charge on any atom is -0.203 e. The second-order valence-electron chi connectivity index (χ2n) is 9.83. The lowest BCUT2D eigenvalue weighted by Crippen LogP contribution is -2.17. The van der Waals surface area contributed by atoms with Gasteiger partial charge in [0.05, 0.1) is 56.7 Å². The van der Waals surface area contributed by atoms with E-state index in [9.17, 15) is 74.6 Å². The van der Waals surface area contributed by atoms with Crippen LogP contribution in [0.4, 0.5) is 57.1 Å². The van der Waals surface area contributed by atoms with E-state index in [0.717, 1.165) is 6.07 Å². The standard InChI is InChI=1S/C32H6F13N5/c33-26-24(27(34)29(36)25(28(26)35)32(43,44)45)20(11-50)23-21(18(9-48)16-3-1-14(30(37,38)39)5-12(16)7-46)22(23)19(10-49)17-4-2-15(31(40,41)42)6-13(17)8-47/h1-6H. The van der Waals surface area contributed by atoms with Gasteiger partial charge in [0, 0.05) is 27.8 Å². The molecule has 0 N–H and O–H groups in total. The van der Waals surface area contributed by atoms with E-state index in [1.165, 1.54) is 24.3 Å². The van der Waals surface area contributed by atoms with Crippen LogP contribution in [0.2, 0.25) is 0 Å². The zero-order chi connectivity index (χ0) is 37.7. The smallest absolute Gasteiger partial charge is 0.203 e. The average Bonchev–Trinajstić information content (AvgIpc) is 3.75. The quantitative estimate of drug-likeness (QED) is 0.153. The van der Waals surface area contributed by atoms with Crippen molar-refractivity contribution in [3.05, 3.63) is 121 Å². The van der Waals surface area contributed by atoms with Crippen molar-refractivity contribution < 1.29 is 57.1 Å². The third-order valence-corrected chi connectivity index (χ3v) is 7.04. The van der Waals surface area contributed by atoms with Crippen LogP contribution in [-0.2, 0) is 18.5 Å². The molecule has 0 amide bonds. The van der Waals surface area contributed by atoms with Gasteiger partial charge in [0.15, 0.2) is 23.3 Å². The summed E-state index contributed by atoms with van der Waals surface area (Å²) in [6.07, 6.45) is -16.1. The molecule has 18 heteroatoms. The van der Waals surface area contributed by atoms with Gasteiger partial charge >= 0.3 is 18.5 Å². The first-order chi connectivity index (χ1) is 23.2. The number of hydrogen-bond donors (Lipinski definition) is 0. The first kappa shape index (κ1) is 36.3. The molecule has 0 spiro atoms. The Hall–Kier alpha value is -6.58. The van der Waals surface area contributed by atoms with Crippen LogP contribution in [0, 0.1) is 79.9 Å². The fourth-order valence-corrected chi connectivity index (χ4v) is 4.84. The Bertz CT molecular complexity index is 2180. The summed E-state index contributed by atoms with van der Waals surface area (Å²) in [5, 5.41) is 49.1. The molecule has 1 saturated carbocycles. The SMILES string of the molecule is N#CC(=C1C(=C(C#N)c2ccc(C(F)(F)F)cc2C#N)C1=C(C#N)c1c(F)c(F)c(C(F)(F)F)c(F)c1F)c1ccc(C(F)(F)F)cc1C#N. The summed E-state index contributed by atoms with van der Waals surface area (Å²) in [7, 11) is 0. The molecule has 50 heavy (non-hydrogen) atoms. The third kappa shape index (κ3) is 6.09. The minimum atomic E-state index is -6.02. The summed E-state index contributed by atoms with van der Waals surface area (Å²) in [6.45, 7) is 0. The summed E-state index contributed by atoms with van der Waals surface area (Å²) in [6, 6.07) is 9.00. The predicted octanol–water partition coefficient (Wildman–Crippen LogP) is 9.29. The molecule has 1 aliphatic carbocycles. The Morgan fingerprint density at radius 1 is 0.460 bits per heavy atom. The van der Waals surface area contributed by atoms with Crippen LogP contribution < -0.4 is 0 Å². The summed E-state index contributed by atoms with van der Waals surface area (Å²) in [4.78, 5) is 0. The first-order valence-electron chi connectivity index (χ1n) is 12.8. The Morgan fingerprint density at radius 3 is 1.08 bits per heavy atom. The summed E-state index contributed by atoms with van der Waals surface area (Å²) in [5.74, 6) is -11.6. The van der Waals surface area contributed by atoms with Gasteiger partial charge in [-0.2, -0.15) is 65.8 Å². The zero-order valence-corrected chi connectivity index (χ0v) is 23.6. The Labute approximate surface area is 270 Å². The average molecular weight is 707 g/mol. The van der Waals surface area contributed by atoms with Crippen molar-refractivity contribution in [1.82, 2.24) is 0 Å². The van der Waals surface area contributed by atoms with Crippen LogP contribution in [0.5, 0.6) is 0 Å². The fourth-order valence-electron chi connectivity index (χ4n) is 4.84. The van der Waals surface area contributed by atoms with E-state index >= 15 is 8.78 Å². The largest absolute Gasteiger partial charge is 0.422 e. The molecule has 250 valence electrons. The van der Waals surface area contributed by atoms with Gasteiger partial charge in [-0.1, -0.05) is 12.1 Å². The van der Waals surface area contributed by atoms with Gasteiger partial charge in [-0.05, 0) is 24.3 Å². The molecular weight excluding hydrogens is 701 g/mol. The van der Waals surface area contributed by atoms with Gasteiger partial charge in [0.1, 0.15) is 23.8 Å². The van der Waals surface area contributed by atoms with Crippen molar-refractivity contribution in [3.63, 3.8) is 0 Å². The molecule has 3 aromatic rings. The van der Waals surface area contributed by atoms with Gasteiger partial charge in [-0.25, -0.2) is 17.6 Å². The monoisotopic (exact) mass is 707 g/mol. The molecule has 0 aromatic heterocycles. The van der Waals surface area contributed by atoms with Gasteiger partial charge in [0.25, 0.3) is 0 Å². The number of nitrogens with zero attached hydrogens (tertiary/aromatic N) is 5. The Balaban J connectivity index is 2.26. The highest BCUT2D eigenvalue weighted by Gasteiger charge is 2.47. The molecule has 1 fully saturated rings. The molecule has 0 radical (unpaired) electrons. The van der Waals surface area contributed by atoms with E-state index in [1.54, 1.807) is 0 Å². The number of halogens is 13. The lowest BCUT2D eigenvalue weighted by molar-refractivity contribution is -0.143. The van der Waals surface area contributed by atoms with E-state index in [4.69, 9.17) is 0 Å². The topological polar surface area (TPSA) is 119 Å². The van der Waals surface area contributed by atoms with Crippen molar-refractivity contribution in [1.29, 1.82) is 26.3 Å². The highest BCUT2D eigenvalue weighted by atomic mass is 19.4. The molecular formula is C32H6F13N5. The molecule has 0 atom stereocenters. The molecule has 5 nitrogen and oxygen atoms in total. The van der Waals surface area contributed by atoms with Crippen molar-refractivity contribution >= 4 is 16.7 Å². The molecule has 0 heterocycles. The van der Waals surface area contributed by atoms with Crippen LogP contribution in [0.1, 0.15) is 44.5 Å². The van der Waals surface area contributed by atoms with Gasteiger partial charge in [-0.15, -0.1) is 0 Å². The van der Waals surface area contributed by atoms with Crippen molar-refractivity contribution in [2.24, 2.45) is 0 Å². The van der Waals surface area contributed by atoms with E-state index in [-0.39, 0.29) is 12.1 Å². The van der Waals surface area contributed by atoms with Gasteiger partial charge < -0.3 is 0 Å². The van der Waals surface area contributed by atoms with Crippen LogP contribution >= 0.6 is 0 Å². The van der Waals surface area contributed by atoms with Crippen LogP contribution in [-0.4, -0.2) is 0 Å². The molecule has 0 bridgehead atoms. The number of nitriles is 5. The molecule has 0 aliphatic heterocycles. The summed E-state index contributed by atoms with van der Waals surface area (Å²) >= 11 is 0. The maximum absolute atomic E-state index is 15.1. The lowest BCUT2D eigenvalue weighted by Gasteiger charge is -2.13. The number of alkyl halides is 9. The first-order valence-corrected chi connectivity index (χ1v) is 12.8. The van der Waals surface area contributed by atoms with Crippen LogP contribution in [0.25, 0.3) is 16.7 Å². The maximum Gasteiger partial charge on any atom is 0.422 e.